The molecule has 0 aliphatic rings. The number of aromatic nitrogens is 2. The van der Waals surface area contributed by atoms with E-state index in [1.165, 1.54) is 6.08 Å². The van der Waals surface area contributed by atoms with Crippen LogP contribution in [-0.2, 0) is 11.3 Å². The van der Waals surface area contributed by atoms with Gasteiger partial charge >= 0.3 is 0 Å². The maximum Gasteiger partial charge on any atom is 0.244 e. The van der Waals surface area contributed by atoms with E-state index < -0.39 is 0 Å². The second-order valence-corrected chi connectivity index (χ2v) is 5.64. The molecule has 0 radical (unpaired) electrons. The van der Waals surface area contributed by atoms with Crippen LogP contribution in [0, 0.1) is 0 Å². The van der Waals surface area contributed by atoms with Gasteiger partial charge in [-0.2, -0.15) is 0 Å². The van der Waals surface area contributed by atoms with Gasteiger partial charge in [-0.05, 0) is 30.7 Å². The molecule has 0 bridgehead atoms. The molecule has 1 aromatic carbocycles. The average Bonchev–Trinajstić information content (AvgIpc) is 3.06. The van der Waals surface area contributed by atoms with E-state index >= 15 is 0 Å². The molecular formula is C20H21N3O2. The van der Waals surface area contributed by atoms with Gasteiger partial charge in [-0.25, -0.2) is 4.98 Å². The van der Waals surface area contributed by atoms with Crippen LogP contribution >= 0.6 is 0 Å². The molecule has 3 rings (SSSR count). The predicted octanol–water partition coefficient (Wildman–Crippen LogP) is 3.45. The minimum atomic E-state index is -0.164. The van der Waals surface area contributed by atoms with Crippen molar-refractivity contribution in [2.24, 2.45) is 0 Å². The normalized spacial score (nSPS) is 11.1. The maximum atomic E-state index is 12.1. The fraction of sp³-hybridized carbons (Fsp3) is 0.200. The smallest absolute Gasteiger partial charge is 0.244 e. The summed E-state index contributed by atoms with van der Waals surface area (Å²) in [5.41, 5.74) is 2.57. The first-order valence-electron chi connectivity index (χ1n) is 8.36. The zero-order chi connectivity index (χ0) is 17.5. The summed E-state index contributed by atoms with van der Waals surface area (Å²) in [6, 6.07) is 13.5. The fourth-order valence-corrected chi connectivity index (χ4v) is 2.44. The number of nitrogens with zero attached hydrogens (tertiary/aromatic N) is 2. The van der Waals surface area contributed by atoms with Crippen molar-refractivity contribution in [1.82, 2.24) is 14.7 Å². The van der Waals surface area contributed by atoms with Crippen molar-refractivity contribution in [1.29, 1.82) is 0 Å². The minimum Gasteiger partial charge on any atom is -0.493 e. The van der Waals surface area contributed by atoms with Gasteiger partial charge in [0.1, 0.15) is 11.4 Å². The molecule has 5 nitrogen and oxygen atoms in total. The first kappa shape index (κ1) is 16.8. The molecule has 25 heavy (non-hydrogen) atoms. The SMILES string of the molecule is CCCOc1ccccc1/C=C/C(=O)NCc1cn2ccccc2n1. The zero-order valence-corrected chi connectivity index (χ0v) is 14.2. The van der Waals surface area contributed by atoms with Crippen LogP contribution in [0.15, 0.2) is 60.9 Å². The second kappa shape index (κ2) is 8.15. The topological polar surface area (TPSA) is 55.6 Å². The summed E-state index contributed by atoms with van der Waals surface area (Å²) >= 11 is 0. The van der Waals surface area contributed by atoms with Crippen molar-refractivity contribution in [3.05, 3.63) is 72.2 Å². The van der Waals surface area contributed by atoms with Gasteiger partial charge in [0.2, 0.25) is 5.91 Å². The number of carbonyl (C=O) groups excluding carboxylic acids is 1. The summed E-state index contributed by atoms with van der Waals surface area (Å²) in [6.45, 7) is 3.11. The molecule has 5 heteroatoms. The number of imidazole rings is 1. The summed E-state index contributed by atoms with van der Waals surface area (Å²) in [5.74, 6) is 0.621. The molecule has 0 atom stereocenters. The Bertz CT molecular complexity index is 850. The van der Waals surface area contributed by atoms with Crippen LogP contribution < -0.4 is 10.1 Å². The molecule has 0 spiro atoms. The highest BCUT2D eigenvalue weighted by atomic mass is 16.5. The number of hydrogen-bond acceptors (Lipinski definition) is 3. The number of rotatable bonds is 7. The Kier molecular flexibility index (Phi) is 5.46. The van der Waals surface area contributed by atoms with Crippen molar-refractivity contribution in [3.8, 4) is 5.75 Å². The summed E-state index contributed by atoms with van der Waals surface area (Å²) in [5, 5.41) is 2.85. The number of ether oxygens (including phenoxy) is 1. The van der Waals surface area contributed by atoms with E-state index in [9.17, 15) is 4.79 Å². The Labute approximate surface area is 147 Å². The summed E-state index contributed by atoms with van der Waals surface area (Å²) in [6.07, 6.45) is 8.07. The van der Waals surface area contributed by atoms with Gasteiger partial charge in [0.05, 0.1) is 18.8 Å². The van der Waals surface area contributed by atoms with Crippen LogP contribution in [0.1, 0.15) is 24.6 Å². The van der Waals surface area contributed by atoms with E-state index in [2.05, 4.69) is 17.2 Å². The lowest BCUT2D eigenvalue weighted by Gasteiger charge is -2.07. The van der Waals surface area contributed by atoms with E-state index in [1.807, 2.05) is 59.3 Å². The van der Waals surface area contributed by atoms with E-state index in [0.29, 0.717) is 13.2 Å². The van der Waals surface area contributed by atoms with Gasteiger partial charge in [0.15, 0.2) is 0 Å². The van der Waals surface area contributed by atoms with Gasteiger partial charge < -0.3 is 14.5 Å². The third kappa shape index (κ3) is 4.47. The second-order valence-electron chi connectivity index (χ2n) is 5.64. The van der Waals surface area contributed by atoms with Crippen LogP contribution in [0.4, 0.5) is 0 Å². The molecule has 0 aliphatic carbocycles. The summed E-state index contributed by atoms with van der Waals surface area (Å²) in [4.78, 5) is 16.5. The Morgan fingerprint density at radius 1 is 1.24 bits per heavy atom. The van der Waals surface area contributed by atoms with Gasteiger partial charge in [-0.1, -0.05) is 31.2 Å². The quantitative estimate of drug-likeness (QED) is 0.673. The molecule has 128 valence electrons. The molecule has 0 fully saturated rings. The molecule has 3 aromatic rings. The van der Waals surface area contributed by atoms with Crippen molar-refractivity contribution >= 4 is 17.6 Å². The molecule has 0 unspecified atom stereocenters. The maximum absolute atomic E-state index is 12.1. The van der Waals surface area contributed by atoms with Crippen LogP contribution in [0.2, 0.25) is 0 Å². The lowest BCUT2D eigenvalue weighted by atomic mass is 10.2. The Morgan fingerprint density at radius 3 is 2.92 bits per heavy atom. The highest BCUT2D eigenvalue weighted by molar-refractivity contribution is 5.92. The van der Waals surface area contributed by atoms with E-state index in [-0.39, 0.29) is 5.91 Å². The summed E-state index contributed by atoms with van der Waals surface area (Å²) in [7, 11) is 0. The lowest BCUT2D eigenvalue weighted by molar-refractivity contribution is -0.116. The highest BCUT2D eigenvalue weighted by Crippen LogP contribution is 2.19. The number of benzene rings is 1. The highest BCUT2D eigenvalue weighted by Gasteiger charge is 2.03. The third-order valence-electron chi connectivity index (χ3n) is 3.65. The van der Waals surface area contributed by atoms with E-state index in [4.69, 9.17) is 4.74 Å². The van der Waals surface area contributed by atoms with Crippen molar-refractivity contribution in [3.63, 3.8) is 0 Å². The minimum absolute atomic E-state index is 0.164. The standard InChI is InChI=1S/C20H21N3O2/c1-2-13-25-18-8-4-3-7-16(18)10-11-20(24)21-14-17-15-23-12-6-5-9-19(23)22-17/h3-12,15H,2,13-14H2,1H3,(H,21,24)/b11-10+. The Morgan fingerprint density at radius 2 is 2.08 bits per heavy atom. The zero-order valence-electron chi connectivity index (χ0n) is 14.2. The van der Waals surface area contributed by atoms with Gasteiger partial charge in [0.25, 0.3) is 0 Å². The number of carbonyl (C=O) groups is 1. The molecule has 0 aliphatic heterocycles. The largest absolute Gasteiger partial charge is 0.493 e. The number of para-hydroxylation sites is 1. The van der Waals surface area contributed by atoms with Crippen molar-refractivity contribution in [2.45, 2.75) is 19.9 Å². The summed E-state index contributed by atoms with van der Waals surface area (Å²) < 4.78 is 7.62. The number of hydrogen-bond donors (Lipinski definition) is 1. The molecule has 1 amide bonds. The fourth-order valence-electron chi connectivity index (χ4n) is 2.44. The molecule has 0 saturated carbocycles. The van der Waals surface area contributed by atoms with E-state index in [1.54, 1.807) is 6.08 Å². The number of amides is 1. The molecule has 2 aromatic heterocycles. The van der Waals surface area contributed by atoms with Crippen molar-refractivity contribution < 1.29 is 9.53 Å². The monoisotopic (exact) mass is 335 g/mol. The first-order chi connectivity index (χ1) is 12.3. The van der Waals surface area contributed by atoms with Crippen LogP contribution in [-0.4, -0.2) is 21.9 Å². The molecule has 0 saturated heterocycles. The van der Waals surface area contributed by atoms with Crippen LogP contribution in [0.3, 0.4) is 0 Å². The number of fused-ring (bicyclic) bond motifs is 1. The number of nitrogens with one attached hydrogen (secondary N) is 1. The van der Waals surface area contributed by atoms with Crippen molar-refractivity contribution in [2.75, 3.05) is 6.61 Å². The molecular weight excluding hydrogens is 314 g/mol. The van der Waals surface area contributed by atoms with Crippen LogP contribution in [0.25, 0.3) is 11.7 Å². The van der Waals surface area contributed by atoms with Gasteiger partial charge in [0, 0.05) is 24.0 Å². The van der Waals surface area contributed by atoms with E-state index in [0.717, 1.165) is 29.1 Å². The van der Waals surface area contributed by atoms with Crippen LogP contribution in [0.5, 0.6) is 5.75 Å². The lowest BCUT2D eigenvalue weighted by Crippen LogP contribution is -2.20. The molecule has 2 heterocycles. The average molecular weight is 335 g/mol. The third-order valence-corrected chi connectivity index (χ3v) is 3.65. The Hall–Kier alpha value is -3.08. The molecule has 1 N–H and O–H groups in total. The predicted molar refractivity (Wildman–Crippen MR) is 98.3 cm³/mol. The first-order valence-corrected chi connectivity index (χ1v) is 8.36. The van der Waals surface area contributed by atoms with Gasteiger partial charge in [-0.3, -0.25) is 4.79 Å². The Balaban J connectivity index is 1.59. The number of pyridine rings is 1. The van der Waals surface area contributed by atoms with Gasteiger partial charge in [-0.15, -0.1) is 0 Å².